The second-order valence-corrected chi connectivity index (χ2v) is 3.95. The van der Waals surface area contributed by atoms with Crippen molar-refractivity contribution >= 4 is 17.3 Å². The first-order valence-corrected chi connectivity index (χ1v) is 5.62. The zero-order valence-corrected chi connectivity index (χ0v) is 10.3. The van der Waals surface area contributed by atoms with Crippen LogP contribution in [0.5, 0.6) is 5.88 Å². The molecule has 0 aromatic carbocycles. The molecule has 2 heterocycles. The molecule has 3 N–H and O–H groups in total. The second kappa shape index (κ2) is 5.31. The fourth-order valence-electron chi connectivity index (χ4n) is 1.35. The van der Waals surface area contributed by atoms with E-state index in [0.29, 0.717) is 23.2 Å². The van der Waals surface area contributed by atoms with Crippen molar-refractivity contribution in [2.24, 2.45) is 0 Å². The first-order chi connectivity index (χ1) is 8.66. The lowest BCUT2D eigenvalue weighted by molar-refractivity contribution is 0.234. The van der Waals surface area contributed by atoms with E-state index in [0.717, 1.165) is 0 Å². The predicted octanol–water partition coefficient (Wildman–Crippen LogP) is 1.98. The third-order valence-electron chi connectivity index (χ3n) is 2.11. The summed E-state index contributed by atoms with van der Waals surface area (Å²) in [5, 5.41) is 3.02. The summed E-state index contributed by atoms with van der Waals surface area (Å²) in [5.74, 6) is 1.52. The Hall–Kier alpha value is -2.37. The Morgan fingerprint density at radius 3 is 2.72 bits per heavy atom. The van der Waals surface area contributed by atoms with Crippen molar-refractivity contribution in [2.75, 3.05) is 11.1 Å². The Morgan fingerprint density at radius 2 is 2.06 bits per heavy atom. The van der Waals surface area contributed by atoms with Gasteiger partial charge in [-0.05, 0) is 26.0 Å². The molecule has 94 valence electrons. The Balaban J connectivity index is 2.23. The number of hydrogen-bond acceptors (Lipinski definition) is 6. The monoisotopic (exact) mass is 245 g/mol. The molecule has 2 aromatic heterocycles. The summed E-state index contributed by atoms with van der Waals surface area (Å²) in [4.78, 5) is 12.2. The van der Waals surface area contributed by atoms with E-state index < -0.39 is 0 Å². The van der Waals surface area contributed by atoms with Crippen molar-refractivity contribution in [3.63, 3.8) is 0 Å². The van der Waals surface area contributed by atoms with Crippen LogP contribution in [0.15, 0.2) is 30.7 Å². The van der Waals surface area contributed by atoms with E-state index in [1.807, 2.05) is 32.0 Å². The zero-order chi connectivity index (χ0) is 13.0. The highest BCUT2D eigenvalue weighted by Gasteiger charge is 2.10. The summed E-state index contributed by atoms with van der Waals surface area (Å²) in [7, 11) is 0. The highest BCUT2D eigenvalue weighted by Crippen LogP contribution is 2.27. The van der Waals surface area contributed by atoms with E-state index in [1.165, 1.54) is 6.33 Å². The lowest BCUT2D eigenvalue weighted by atomic mass is 10.4. The van der Waals surface area contributed by atoms with Gasteiger partial charge >= 0.3 is 0 Å². The molecule has 0 aliphatic rings. The van der Waals surface area contributed by atoms with Crippen LogP contribution in [0.1, 0.15) is 13.8 Å². The smallest absolute Gasteiger partial charge is 0.242 e. The standard InChI is InChI=1S/C12H15N5O/c1-8(2)18-12-10(13)11(15-7-16-12)17-9-5-3-4-6-14-9/h3-8H,13H2,1-2H3,(H,14,15,16,17). The maximum Gasteiger partial charge on any atom is 0.242 e. The van der Waals surface area contributed by atoms with Crippen LogP contribution in [0.4, 0.5) is 17.3 Å². The summed E-state index contributed by atoms with van der Waals surface area (Å²) in [6, 6.07) is 5.53. The van der Waals surface area contributed by atoms with E-state index >= 15 is 0 Å². The highest BCUT2D eigenvalue weighted by molar-refractivity contribution is 5.70. The van der Waals surface area contributed by atoms with Crippen LogP contribution in [0.2, 0.25) is 0 Å². The number of rotatable bonds is 4. The van der Waals surface area contributed by atoms with Gasteiger partial charge < -0.3 is 15.8 Å². The topological polar surface area (TPSA) is 86.0 Å². The molecule has 2 aromatic rings. The third kappa shape index (κ3) is 2.85. The van der Waals surface area contributed by atoms with Crippen LogP contribution in [-0.4, -0.2) is 21.1 Å². The summed E-state index contributed by atoms with van der Waals surface area (Å²) in [6.07, 6.45) is 3.09. The van der Waals surface area contributed by atoms with Crippen molar-refractivity contribution in [1.82, 2.24) is 15.0 Å². The van der Waals surface area contributed by atoms with Gasteiger partial charge in [0.2, 0.25) is 5.88 Å². The maximum atomic E-state index is 5.94. The SMILES string of the molecule is CC(C)Oc1ncnc(Nc2ccccn2)c1N. The van der Waals surface area contributed by atoms with E-state index in [1.54, 1.807) is 6.20 Å². The minimum Gasteiger partial charge on any atom is -0.473 e. The van der Waals surface area contributed by atoms with Crippen LogP contribution < -0.4 is 15.8 Å². The maximum absolute atomic E-state index is 5.94. The molecule has 6 heteroatoms. The number of ether oxygens (including phenoxy) is 1. The summed E-state index contributed by atoms with van der Waals surface area (Å²) >= 11 is 0. The zero-order valence-electron chi connectivity index (χ0n) is 10.3. The molecule has 0 aliphatic heterocycles. The fourth-order valence-corrected chi connectivity index (χ4v) is 1.35. The first kappa shape index (κ1) is 12.1. The number of pyridine rings is 1. The molecule has 0 saturated heterocycles. The van der Waals surface area contributed by atoms with Gasteiger partial charge in [-0.3, -0.25) is 0 Å². The van der Waals surface area contributed by atoms with Crippen LogP contribution in [0, 0.1) is 0 Å². The van der Waals surface area contributed by atoms with Gasteiger partial charge in [0.05, 0.1) is 6.10 Å². The van der Waals surface area contributed by atoms with Crippen LogP contribution in [-0.2, 0) is 0 Å². The molecule has 18 heavy (non-hydrogen) atoms. The summed E-state index contributed by atoms with van der Waals surface area (Å²) < 4.78 is 5.49. The normalized spacial score (nSPS) is 10.4. The molecule has 0 fully saturated rings. The van der Waals surface area contributed by atoms with Crippen LogP contribution in [0.3, 0.4) is 0 Å². The second-order valence-electron chi connectivity index (χ2n) is 3.95. The van der Waals surface area contributed by atoms with Crippen molar-refractivity contribution < 1.29 is 4.74 Å². The number of nitrogens with one attached hydrogen (secondary N) is 1. The third-order valence-corrected chi connectivity index (χ3v) is 2.11. The molecule has 0 saturated carbocycles. The first-order valence-electron chi connectivity index (χ1n) is 5.62. The molecule has 0 atom stereocenters. The van der Waals surface area contributed by atoms with E-state index in [2.05, 4.69) is 20.3 Å². The number of anilines is 3. The van der Waals surface area contributed by atoms with Gasteiger partial charge in [-0.25, -0.2) is 9.97 Å². The molecule has 2 rings (SSSR count). The Kier molecular flexibility index (Phi) is 3.57. The van der Waals surface area contributed by atoms with Gasteiger partial charge in [-0.2, -0.15) is 4.98 Å². The number of nitrogens with zero attached hydrogens (tertiary/aromatic N) is 3. The van der Waals surface area contributed by atoms with Gasteiger partial charge in [0.25, 0.3) is 0 Å². The van der Waals surface area contributed by atoms with Gasteiger partial charge in [0.15, 0.2) is 5.82 Å². The molecule has 0 unspecified atom stereocenters. The molecule has 0 aliphatic carbocycles. The molecular formula is C12H15N5O. The largest absolute Gasteiger partial charge is 0.473 e. The molecule has 0 spiro atoms. The average Bonchev–Trinajstić information content (AvgIpc) is 2.35. The summed E-state index contributed by atoms with van der Waals surface area (Å²) in [6.45, 7) is 3.82. The van der Waals surface area contributed by atoms with Crippen molar-refractivity contribution in [2.45, 2.75) is 20.0 Å². The predicted molar refractivity (Wildman–Crippen MR) is 69.7 cm³/mol. The van der Waals surface area contributed by atoms with Gasteiger partial charge in [-0.1, -0.05) is 6.07 Å². The van der Waals surface area contributed by atoms with Gasteiger partial charge in [-0.15, -0.1) is 0 Å². The quantitative estimate of drug-likeness (QED) is 0.856. The number of aromatic nitrogens is 3. The van der Waals surface area contributed by atoms with Crippen LogP contribution >= 0.6 is 0 Å². The van der Waals surface area contributed by atoms with Crippen LogP contribution in [0.25, 0.3) is 0 Å². The molecule has 0 radical (unpaired) electrons. The van der Waals surface area contributed by atoms with E-state index in [4.69, 9.17) is 10.5 Å². The molecular weight excluding hydrogens is 230 g/mol. The average molecular weight is 245 g/mol. The molecule has 0 bridgehead atoms. The Labute approximate surface area is 105 Å². The molecule has 0 amide bonds. The van der Waals surface area contributed by atoms with Crippen molar-refractivity contribution in [3.8, 4) is 5.88 Å². The Bertz CT molecular complexity index is 515. The van der Waals surface area contributed by atoms with Gasteiger partial charge in [0.1, 0.15) is 17.8 Å². The highest BCUT2D eigenvalue weighted by atomic mass is 16.5. The summed E-state index contributed by atoms with van der Waals surface area (Å²) in [5.41, 5.74) is 6.31. The lowest BCUT2D eigenvalue weighted by Crippen LogP contribution is -2.11. The van der Waals surface area contributed by atoms with Gasteiger partial charge in [0, 0.05) is 6.20 Å². The van der Waals surface area contributed by atoms with E-state index in [9.17, 15) is 0 Å². The minimum atomic E-state index is 0.00454. The lowest BCUT2D eigenvalue weighted by Gasteiger charge is -2.13. The van der Waals surface area contributed by atoms with Crippen molar-refractivity contribution in [1.29, 1.82) is 0 Å². The number of nitrogen functional groups attached to an aromatic ring is 1. The minimum absolute atomic E-state index is 0.00454. The number of hydrogen-bond donors (Lipinski definition) is 2. The molecule has 6 nitrogen and oxygen atoms in total. The number of nitrogens with two attached hydrogens (primary N) is 1. The van der Waals surface area contributed by atoms with Crippen molar-refractivity contribution in [3.05, 3.63) is 30.7 Å². The Morgan fingerprint density at radius 1 is 1.22 bits per heavy atom. The fraction of sp³-hybridized carbons (Fsp3) is 0.250. The van der Waals surface area contributed by atoms with E-state index in [-0.39, 0.29) is 6.10 Å².